The number of aryl methyl sites for hydroxylation is 2. The van der Waals surface area contributed by atoms with Crippen LogP contribution in [0.25, 0.3) is 0 Å². The highest BCUT2D eigenvalue weighted by atomic mass is 16.1. The van der Waals surface area contributed by atoms with Gasteiger partial charge in [0.15, 0.2) is 5.78 Å². The van der Waals surface area contributed by atoms with E-state index in [9.17, 15) is 4.79 Å². The first-order valence-electron chi connectivity index (χ1n) is 5.83. The zero-order valence-electron chi connectivity index (χ0n) is 9.55. The zero-order chi connectivity index (χ0) is 10.8. The lowest BCUT2D eigenvalue weighted by molar-refractivity contribution is 0.0986. The molecule has 0 unspecified atom stereocenters. The molecule has 82 valence electrons. The van der Waals surface area contributed by atoms with Gasteiger partial charge in [0.2, 0.25) is 0 Å². The second kappa shape index (κ2) is 4.17. The zero-order valence-corrected chi connectivity index (χ0v) is 9.55. The molecule has 15 heavy (non-hydrogen) atoms. The number of nitrogens with zero attached hydrogens (tertiary/aromatic N) is 2. The van der Waals surface area contributed by atoms with Crippen LogP contribution in [-0.4, -0.2) is 15.6 Å². The van der Waals surface area contributed by atoms with Gasteiger partial charge in [-0.05, 0) is 26.2 Å². The predicted octanol–water partition coefficient (Wildman–Crippen LogP) is 2.51. The molecule has 3 heteroatoms. The lowest BCUT2D eigenvalue weighted by Crippen LogP contribution is -2.06. The molecule has 0 fully saturated rings. The molecule has 2 heterocycles. The number of ketones is 1. The maximum absolute atomic E-state index is 11.8. The minimum atomic E-state index is 0.246. The molecule has 0 spiro atoms. The Balaban J connectivity index is 2.44. The van der Waals surface area contributed by atoms with Gasteiger partial charge in [-0.1, -0.05) is 13.3 Å². The Morgan fingerprint density at radius 1 is 1.40 bits per heavy atom. The van der Waals surface area contributed by atoms with E-state index in [-0.39, 0.29) is 5.78 Å². The number of hydrogen-bond acceptors (Lipinski definition) is 2. The lowest BCUT2D eigenvalue weighted by Gasteiger charge is -2.03. The lowest BCUT2D eigenvalue weighted by atomic mass is 10.0. The van der Waals surface area contributed by atoms with Crippen molar-refractivity contribution in [2.45, 2.75) is 52.5 Å². The molecule has 0 saturated heterocycles. The fourth-order valence-electron chi connectivity index (χ4n) is 2.34. The molecule has 0 aliphatic carbocycles. The molecule has 1 aromatic rings. The SMILES string of the molecule is CCC(=O)c1c(C)nn2c1CCCCC2. The summed E-state index contributed by atoms with van der Waals surface area (Å²) in [6, 6.07) is 0. The molecular weight excluding hydrogens is 188 g/mol. The van der Waals surface area contributed by atoms with Crippen molar-refractivity contribution < 1.29 is 4.79 Å². The van der Waals surface area contributed by atoms with Crippen molar-refractivity contribution >= 4 is 5.78 Å². The average Bonchev–Trinajstić information content (AvgIpc) is 2.40. The van der Waals surface area contributed by atoms with Crippen LogP contribution in [0.1, 0.15) is 54.4 Å². The molecule has 0 radical (unpaired) electrons. The van der Waals surface area contributed by atoms with Crippen molar-refractivity contribution in [3.05, 3.63) is 17.0 Å². The van der Waals surface area contributed by atoms with Gasteiger partial charge in [0.1, 0.15) is 0 Å². The molecule has 0 saturated carbocycles. The van der Waals surface area contributed by atoms with Crippen LogP contribution in [-0.2, 0) is 13.0 Å². The number of fused-ring (bicyclic) bond motifs is 1. The standard InChI is InChI=1S/C12H18N2O/c1-3-11(15)12-9(2)13-14-8-6-4-5-7-10(12)14/h3-8H2,1-2H3. The fraction of sp³-hybridized carbons (Fsp3) is 0.667. The summed E-state index contributed by atoms with van der Waals surface area (Å²) in [5, 5.41) is 4.48. The molecule has 1 aromatic heterocycles. The van der Waals surface area contributed by atoms with Crippen LogP contribution in [0, 0.1) is 6.92 Å². The quantitative estimate of drug-likeness (QED) is 0.697. The van der Waals surface area contributed by atoms with E-state index in [0.717, 1.165) is 24.2 Å². The van der Waals surface area contributed by atoms with Gasteiger partial charge in [0, 0.05) is 18.7 Å². The number of carbonyl (C=O) groups excluding carboxylic acids is 1. The Bertz CT molecular complexity index is 379. The van der Waals surface area contributed by atoms with E-state index >= 15 is 0 Å². The van der Waals surface area contributed by atoms with E-state index in [4.69, 9.17) is 0 Å². The highest BCUT2D eigenvalue weighted by Gasteiger charge is 2.20. The molecular formula is C12H18N2O. The molecule has 0 bridgehead atoms. The molecule has 2 rings (SSSR count). The van der Waals surface area contributed by atoms with Gasteiger partial charge in [-0.2, -0.15) is 5.10 Å². The second-order valence-corrected chi connectivity index (χ2v) is 4.22. The topological polar surface area (TPSA) is 34.9 Å². The first-order chi connectivity index (χ1) is 7.24. The highest BCUT2D eigenvalue weighted by molar-refractivity contribution is 5.98. The summed E-state index contributed by atoms with van der Waals surface area (Å²) < 4.78 is 2.05. The van der Waals surface area contributed by atoms with E-state index in [1.165, 1.54) is 25.0 Å². The van der Waals surface area contributed by atoms with Crippen molar-refractivity contribution in [3.8, 4) is 0 Å². The minimum Gasteiger partial charge on any atom is -0.294 e. The van der Waals surface area contributed by atoms with Gasteiger partial charge in [-0.3, -0.25) is 9.48 Å². The van der Waals surface area contributed by atoms with Gasteiger partial charge in [0.25, 0.3) is 0 Å². The third-order valence-corrected chi connectivity index (χ3v) is 3.12. The molecule has 0 N–H and O–H groups in total. The average molecular weight is 206 g/mol. The van der Waals surface area contributed by atoms with E-state index in [0.29, 0.717) is 6.42 Å². The number of aromatic nitrogens is 2. The number of hydrogen-bond donors (Lipinski definition) is 0. The molecule has 0 aromatic carbocycles. The van der Waals surface area contributed by atoms with Crippen molar-refractivity contribution in [1.29, 1.82) is 0 Å². The normalized spacial score (nSPS) is 15.9. The van der Waals surface area contributed by atoms with Crippen molar-refractivity contribution in [3.63, 3.8) is 0 Å². The number of carbonyl (C=O) groups is 1. The first-order valence-corrected chi connectivity index (χ1v) is 5.83. The largest absolute Gasteiger partial charge is 0.294 e. The minimum absolute atomic E-state index is 0.246. The van der Waals surface area contributed by atoms with Crippen LogP contribution in [0.5, 0.6) is 0 Å². The van der Waals surface area contributed by atoms with Gasteiger partial charge < -0.3 is 0 Å². The second-order valence-electron chi connectivity index (χ2n) is 4.22. The Morgan fingerprint density at radius 2 is 2.20 bits per heavy atom. The third kappa shape index (κ3) is 1.83. The maximum Gasteiger partial charge on any atom is 0.166 e. The molecule has 0 atom stereocenters. The Hall–Kier alpha value is -1.12. The monoisotopic (exact) mass is 206 g/mol. The number of Topliss-reactive ketones (excluding diaryl/α,β-unsaturated/α-hetero) is 1. The van der Waals surface area contributed by atoms with Gasteiger partial charge >= 0.3 is 0 Å². The van der Waals surface area contributed by atoms with Crippen LogP contribution in [0.4, 0.5) is 0 Å². The van der Waals surface area contributed by atoms with Crippen molar-refractivity contribution in [1.82, 2.24) is 9.78 Å². The van der Waals surface area contributed by atoms with Gasteiger partial charge in [0.05, 0.1) is 11.3 Å². The molecule has 0 amide bonds. The van der Waals surface area contributed by atoms with Crippen LogP contribution in [0.3, 0.4) is 0 Å². The van der Waals surface area contributed by atoms with Gasteiger partial charge in [-0.25, -0.2) is 0 Å². The molecule has 1 aliphatic rings. The van der Waals surface area contributed by atoms with E-state index in [1.807, 2.05) is 18.5 Å². The van der Waals surface area contributed by atoms with Crippen LogP contribution in [0.15, 0.2) is 0 Å². The summed E-state index contributed by atoms with van der Waals surface area (Å²) >= 11 is 0. The summed E-state index contributed by atoms with van der Waals surface area (Å²) in [4.78, 5) is 11.8. The number of rotatable bonds is 2. The summed E-state index contributed by atoms with van der Waals surface area (Å²) in [5.41, 5.74) is 3.00. The van der Waals surface area contributed by atoms with Crippen LogP contribution < -0.4 is 0 Å². The summed E-state index contributed by atoms with van der Waals surface area (Å²) in [5.74, 6) is 0.246. The maximum atomic E-state index is 11.8. The van der Waals surface area contributed by atoms with Crippen molar-refractivity contribution in [2.75, 3.05) is 0 Å². The van der Waals surface area contributed by atoms with Gasteiger partial charge in [-0.15, -0.1) is 0 Å². The van der Waals surface area contributed by atoms with E-state index < -0.39 is 0 Å². The highest BCUT2D eigenvalue weighted by Crippen LogP contribution is 2.22. The summed E-state index contributed by atoms with van der Waals surface area (Å²) in [7, 11) is 0. The Kier molecular flexibility index (Phi) is 2.89. The molecule has 3 nitrogen and oxygen atoms in total. The van der Waals surface area contributed by atoms with Crippen LogP contribution >= 0.6 is 0 Å². The third-order valence-electron chi connectivity index (χ3n) is 3.12. The van der Waals surface area contributed by atoms with E-state index in [2.05, 4.69) is 5.10 Å². The fourth-order valence-corrected chi connectivity index (χ4v) is 2.34. The predicted molar refractivity (Wildman–Crippen MR) is 59.1 cm³/mol. The van der Waals surface area contributed by atoms with Crippen molar-refractivity contribution in [2.24, 2.45) is 0 Å². The summed E-state index contributed by atoms with van der Waals surface area (Å²) in [6.07, 6.45) is 5.23. The van der Waals surface area contributed by atoms with Crippen LogP contribution in [0.2, 0.25) is 0 Å². The Labute approximate surface area is 90.5 Å². The smallest absolute Gasteiger partial charge is 0.166 e. The summed E-state index contributed by atoms with van der Waals surface area (Å²) in [6.45, 7) is 4.85. The first kappa shape index (κ1) is 10.4. The Morgan fingerprint density at radius 3 is 2.93 bits per heavy atom. The molecule has 1 aliphatic heterocycles. The van der Waals surface area contributed by atoms with E-state index in [1.54, 1.807) is 0 Å².